The molecule has 0 radical (unpaired) electrons. The Labute approximate surface area is 155 Å². The van der Waals surface area contributed by atoms with E-state index in [2.05, 4.69) is 20.9 Å². The Morgan fingerprint density at radius 2 is 1.68 bits per heavy atom. The summed E-state index contributed by atoms with van der Waals surface area (Å²) in [5.74, 6) is 1.28. The predicted molar refractivity (Wildman–Crippen MR) is 106 cm³/mol. The summed E-state index contributed by atoms with van der Waals surface area (Å²) in [4.78, 5) is 16.0. The highest BCUT2D eigenvalue weighted by Crippen LogP contribution is 2.10. The Morgan fingerprint density at radius 3 is 2.20 bits per heavy atom. The van der Waals surface area contributed by atoms with Crippen molar-refractivity contribution in [3.8, 4) is 0 Å². The average molecular weight is 377 g/mol. The quantitative estimate of drug-likeness (QED) is 0.342. The molecule has 0 spiro atoms. The number of amides is 1. The van der Waals surface area contributed by atoms with Gasteiger partial charge in [-0.05, 0) is 54.9 Å². The van der Waals surface area contributed by atoms with Gasteiger partial charge >= 0.3 is 6.09 Å². The number of aliphatic imine (C=N–C) groups is 1. The Hall–Kier alpha value is -1.31. The first-order valence-corrected chi connectivity index (χ1v) is 10.1. The van der Waals surface area contributed by atoms with Crippen molar-refractivity contribution < 1.29 is 13.7 Å². The third-order valence-electron chi connectivity index (χ3n) is 2.88. The van der Waals surface area contributed by atoms with Gasteiger partial charge in [0.05, 0.1) is 0 Å². The molecule has 0 bridgehead atoms. The van der Waals surface area contributed by atoms with E-state index in [1.807, 2.05) is 48.5 Å². The van der Waals surface area contributed by atoms with Gasteiger partial charge in [-0.3, -0.25) is 9.20 Å². The molecule has 1 atom stereocenters. The molecule has 0 rings (SSSR count). The van der Waals surface area contributed by atoms with Crippen molar-refractivity contribution in [1.29, 1.82) is 0 Å². The molecule has 0 saturated carbocycles. The van der Waals surface area contributed by atoms with Gasteiger partial charge in [0.2, 0.25) is 0 Å². The Bertz CT molecular complexity index is 454. The monoisotopic (exact) mass is 376 g/mol. The van der Waals surface area contributed by atoms with Crippen LogP contribution in [0.25, 0.3) is 0 Å². The van der Waals surface area contributed by atoms with Gasteiger partial charge in [-0.15, -0.1) is 0 Å². The molecule has 25 heavy (non-hydrogen) atoms. The summed E-state index contributed by atoms with van der Waals surface area (Å²) in [5, 5.41) is 9.05. The third-order valence-corrected chi connectivity index (χ3v) is 4.82. The Balaban J connectivity index is 4.11. The molecule has 0 aromatic rings. The first-order chi connectivity index (χ1) is 11.5. The minimum Gasteiger partial charge on any atom is -0.444 e. The summed E-state index contributed by atoms with van der Waals surface area (Å²) in [7, 11) is -0.887. The summed E-state index contributed by atoms with van der Waals surface area (Å²) in [6.45, 7) is 15.8. The van der Waals surface area contributed by atoms with Gasteiger partial charge in [0.1, 0.15) is 5.60 Å². The van der Waals surface area contributed by atoms with E-state index in [0.717, 1.165) is 6.54 Å². The van der Waals surface area contributed by atoms with Crippen LogP contribution in [-0.2, 0) is 15.5 Å². The van der Waals surface area contributed by atoms with E-state index in [9.17, 15) is 9.00 Å². The van der Waals surface area contributed by atoms with Crippen molar-refractivity contribution in [3.63, 3.8) is 0 Å². The fourth-order valence-corrected chi connectivity index (χ4v) is 2.58. The number of carbonyl (C=O) groups is 1. The number of guanidine groups is 1. The van der Waals surface area contributed by atoms with E-state index < -0.39 is 22.5 Å². The molecule has 7 nitrogen and oxygen atoms in total. The van der Waals surface area contributed by atoms with Crippen LogP contribution in [0.4, 0.5) is 4.79 Å². The molecular formula is C17H36N4O3S. The van der Waals surface area contributed by atoms with Crippen LogP contribution in [0.5, 0.6) is 0 Å². The molecule has 0 aliphatic rings. The number of nitrogens with one attached hydrogen (secondary N) is 3. The molecule has 0 aromatic heterocycles. The molecule has 0 aliphatic heterocycles. The molecule has 0 fully saturated rings. The van der Waals surface area contributed by atoms with E-state index >= 15 is 0 Å². The second-order valence-electron chi connectivity index (χ2n) is 7.63. The number of carbonyl (C=O) groups excluding carboxylic acids is 1. The molecule has 148 valence electrons. The van der Waals surface area contributed by atoms with Crippen LogP contribution in [0.1, 0.15) is 54.9 Å². The van der Waals surface area contributed by atoms with Gasteiger partial charge < -0.3 is 20.7 Å². The topological polar surface area (TPSA) is 91.8 Å². The van der Waals surface area contributed by atoms with E-state index in [4.69, 9.17) is 4.74 Å². The lowest BCUT2D eigenvalue weighted by atomic mass is 10.2. The summed E-state index contributed by atoms with van der Waals surface area (Å²) < 4.78 is 17.0. The average Bonchev–Trinajstić information content (AvgIpc) is 2.43. The molecule has 1 amide bonds. The zero-order valence-electron chi connectivity index (χ0n) is 16.8. The molecule has 0 aromatic carbocycles. The van der Waals surface area contributed by atoms with Crippen LogP contribution in [0.2, 0.25) is 0 Å². The summed E-state index contributed by atoms with van der Waals surface area (Å²) in [6.07, 6.45) is 0.301. The Kier molecular flexibility index (Phi) is 10.7. The lowest BCUT2D eigenvalue weighted by Crippen LogP contribution is -2.40. The van der Waals surface area contributed by atoms with E-state index in [0.29, 0.717) is 37.8 Å². The number of hydrogen-bond acceptors (Lipinski definition) is 4. The van der Waals surface area contributed by atoms with Crippen LogP contribution in [0, 0.1) is 0 Å². The summed E-state index contributed by atoms with van der Waals surface area (Å²) >= 11 is 0. The minimum atomic E-state index is -0.887. The zero-order chi connectivity index (χ0) is 19.5. The largest absolute Gasteiger partial charge is 0.444 e. The van der Waals surface area contributed by atoms with Crippen molar-refractivity contribution in [1.82, 2.24) is 16.0 Å². The van der Waals surface area contributed by atoms with Crippen molar-refractivity contribution in [2.75, 3.05) is 31.9 Å². The molecule has 0 saturated heterocycles. The first kappa shape index (κ1) is 23.7. The molecule has 8 heteroatoms. The van der Waals surface area contributed by atoms with Crippen LogP contribution < -0.4 is 16.0 Å². The van der Waals surface area contributed by atoms with Crippen LogP contribution in [0.3, 0.4) is 0 Å². The normalized spacial score (nSPS) is 14.0. The number of rotatable bonds is 8. The van der Waals surface area contributed by atoms with Crippen molar-refractivity contribution >= 4 is 22.9 Å². The fourth-order valence-electron chi connectivity index (χ4n) is 1.68. The van der Waals surface area contributed by atoms with Gasteiger partial charge in [-0.25, -0.2) is 4.79 Å². The van der Waals surface area contributed by atoms with Crippen LogP contribution >= 0.6 is 0 Å². The molecule has 3 N–H and O–H groups in total. The summed E-state index contributed by atoms with van der Waals surface area (Å²) in [5.41, 5.74) is -0.489. The lowest BCUT2D eigenvalue weighted by molar-refractivity contribution is 0.0527. The minimum absolute atomic E-state index is 0.204. The van der Waals surface area contributed by atoms with Gasteiger partial charge in [-0.2, -0.15) is 0 Å². The van der Waals surface area contributed by atoms with Crippen molar-refractivity contribution in [2.45, 2.75) is 65.2 Å². The van der Waals surface area contributed by atoms with Gasteiger partial charge in [-0.1, -0.05) is 0 Å². The maximum atomic E-state index is 12.0. The zero-order valence-corrected chi connectivity index (χ0v) is 17.6. The third kappa shape index (κ3) is 13.6. The highest BCUT2D eigenvalue weighted by Gasteiger charge is 2.18. The van der Waals surface area contributed by atoms with Crippen LogP contribution in [0.15, 0.2) is 4.99 Å². The standard InChI is InChI=1S/C17H36N4O3S/c1-8-18-14(20-12-13-25(23)17(5,6)7)19-10-9-11-21-15(22)24-16(2,3)4/h8-13H2,1-7H3,(H,21,22)(H2,18,19,20). The van der Waals surface area contributed by atoms with Gasteiger partial charge in [0.25, 0.3) is 0 Å². The van der Waals surface area contributed by atoms with E-state index in [-0.39, 0.29) is 4.75 Å². The first-order valence-electron chi connectivity index (χ1n) is 8.83. The van der Waals surface area contributed by atoms with E-state index in [1.165, 1.54) is 0 Å². The number of nitrogens with zero attached hydrogens (tertiary/aromatic N) is 1. The fraction of sp³-hybridized carbons (Fsp3) is 0.882. The maximum absolute atomic E-state index is 12.0. The molecule has 1 unspecified atom stereocenters. The number of alkyl carbamates (subject to hydrolysis) is 1. The van der Waals surface area contributed by atoms with Gasteiger partial charge in [0, 0.05) is 47.5 Å². The predicted octanol–water partition coefficient (Wildman–Crippen LogP) is 2.00. The van der Waals surface area contributed by atoms with Crippen molar-refractivity contribution in [3.05, 3.63) is 0 Å². The number of ether oxygens (including phenoxy) is 1. The highest BCUT2D eigenvalue weighted by molar-refractivity contribution is 7.86. The molecule has 0 heterocycles. The molecule has 0 aliphatic carbocycles. The second-order valence-corrected chi connectivity index (χ2v) is 9.96. The second kappa shape index (κ2) is 11.3. The smallest absolute Gasteiger partial charge is 0.407 e. The molecular weight excluding hydrogens is 340 g/mol. The van der Waals surface area contributed by atoms with Crippen LogP contribution in [-0.4, -0.2) is 58.5 Å². The van der Waals surface area contributed by atoms with E-state index in [1.54, 1.807) is 0 Å². The van der Waals surface area contributed by atoms with Crippen molar-refractivity contribution in [2.24, 2.45) is 4.99 Å². The maximum Gasteiger partial charge on any atom is 0.407 e. The lowest BCUT2D eigenvalue weighted by Gasteiger charge is -2.19. The number of hydrogen-bond donors (Lipinski definition) is 3. The summed E-state index contributed by atoms with van der Waals surface area (Å²) in [6, 6.07) is 0. The SMILES string of the molecule is CCNC(=NCCCNC(=O)OC(C)(C)C)NCCS(=O)C(C)(C)C. The highest BCUT2D eigenvalue weighted by atomic mass is 32.2. The van der Waals surface area contributed by atoms with Gasteiger partial charge in [0.15, 0.2) is 5.96 Å². The Morgan fingerprint density at radius 1 is 1.04 bits per heavy atom.